The maximum Gasteiger partial charge on any atom is 0.136 e. The van der Waals surface area contributed by atoms with E-state index >= 15 is 0 Å². The Morgan fingerprint density at radius 1 is 1.16 bits per heavy atom. The second kappa shape index (κ2) is 10.6. The Bertz CT molecular complexity index is 505. The van der Waals surface area contributed by atoms with E-state index in [-0.39, 0.29) is 0 Å². The molecule has 0 aliphatic heterocycles. The molecular formula is C22H35NO2. The lowest BCUT2D eigenvalue weighted by Gasteiger charge is -2.29. The van der Waals surface area contributed by atoms with E-state index in [9.17, 15) is 9.90 Å². The molecule has 0 spiro atoms. The Balaban J connectivity index is 1.78. The highest BCUT2D eigenvalue weighted by molar-refractivity contribution is 5.81. The highest BCUT2D eigenvalue weighted by Gasteiger charge is 2.21. The number of carbonyl (C=O) groups is 1. The van der Waals surface area contributed by atoms with Crippen molar-refractivity contribution in [3.63, 3.8) is 0 Å². The first-order valence-corrected chi connectivity index (χ1v) is 10.1. The molecule has 1 unspecified atom stereocenters. The summed E-state index contributed by atoms with van der Waals surface area (Å²) in [6.45, 7) is 6.57. The summed E-state index contributed by atoms with van der Waals surface area (Å²) in [5.41, 5.74) is 1.25. The van der Waals surface area contributed by atoms with Crippen molar-refractivity contribution in [2.24, 2.45) is 5.92 Å². The molecule has 3 nitrogen and oxygen atoms in total. The van der Waals surface area contributed by atoms with Crippen LogP contribution in [0.4, 0.5) is 0 Å². The lowest BCUT2D eigenvalue weighted by molar-refractivity contribution is -0.124. The first kappa shape index (κ1) is 20.0. The summed E-state index contributed by atoms with van der Waals surface area (Å²) < 4.78 is 0. The summed E-state index contributed by atoms with van der Waals surface area (Å²) in [6.07, 6.45) is 9.87. The van der Waals surface area contributed by atoms with Crippen molar-refractivity contribution in [2.75, 3.05) is 13.1 Å². The zero-order valence-electron chi connectivity index (χ0n) is 16.0. The molecule has 1 aliphatic carbocycles. The van der Waals surface area contributed by atoms with Crippen LogP contribution in [0.2, 0.25) is 0 Å². The highest BCUT2D eigenvalue weighted by atomic mass is 16.3. The topological polar surface area (TPSA) is 40.5 Å². The normalized spacial score (nSPS) is 16.9. The van der Waals surface area contributed by atoms with Gasteiger partial charge in [0.15, 0.2) is 0 Å². The van der Waals surface area contributed by atoms with Crippen molar-refractivity contribution in [1.82, 2.24) is 4.90 Å². The van der Waals surface area contributed by atoms with E-state index in [1.165, 1.54) is 24.8 Å². The molecule has 1 atom stereocenters. The van der Waals surface area contributed by atoms with Crippen LogP contribution < -0.4 is 0 Å². The van der Waals surface area contributed by atoms with Crippen molar-refractivity contribution in [3.05, 3.63) is 29.8 Å². The van der Waals surface area contributed by atoms with Crippen LogP contribution in [-0.4, -0.2) is 34.9 Å². The molecule has 0 aromatic heterocycles. The van der Waals surface area contributed by atoms with Gasteiger partial charge in [0, 0.05) is 18.4 Å². The number of ketones is 1. The first-order chi connectivity index (χ1) is 12.1. The third-order valence-corrected chi connectivity index (χ3v) is 5.53. The van der Waals surface area contributed by atoms with Gasteiger partial charge >= 0.3 is 0 Å². The van der Waals surface area contributed by atoms with Gasteiger partial charge in [-0.25, -0.2) is 0 Å². The number of carbonyl (C=O) groups excluding carboxylic acids is 1. The van der Waals surface area contributed by atoms with Crippen molar-refractivity contribution in [3.8, 4) is 5.75 Å². The van der Waals surface area contributed by atoms with Crippen molar-refractivity contribution < 1.29 is 9.90 Å². The summed E-state index contributed by atoms with van der Waals surface area (Å²) >= 11 is 0. The van der Waals surface area contributed by atoms with E-state index in [2.05, 4.69) is 18.7 Å². The zero-order valence-corrected chi connectivity index (χ0v) is 16.0. The van der Waals surface area contributed by atoms with E-state index in [0.29, 0.717) is 23.5 Å². The number of nitrogens with zero attached hydrogens (tertiary/aromatic N) is 1. The molecule has 2 rings (SSSR count). The number of benzene rings is 1. The fourth-order valence-electron chi connectivity index (χ4n) is 4.03. The molecule has 0 amide bonds. The minimum absolute atomic E-state index is 0.322. The lowest BCUT2D eigenvalue weighted by atomic mass is 9.85. The fourth-order valence-corrected chi connectivity index (χ4v) is 4.03. The van der Waals surface area contributed by atoms with Gasteiger partial charge in [-0.15, -0.1) is 0 Å². The van der Waals surface area contributed by atoms with Gasteiger partial charge in [-0.1, -0.05) is 38.3 Å². The second-order valence-corrected chi connectivity index (χ2v) is 7.66. The minimum atomic E-state index is 0.322. The van der Waals surface area contributed by atoms with Gasteiger partial charge in [0.25, 0.3) is 0 Å². The minimum Gasteiger partial charge on any atom is -0.508 e. The van der Waals surface area contributed by atoms with Crippen LogP contribution in [0, 0.1) is 5.92 Å². The molecule has 1 aromatic carbocycles. The zero-order chi connectivity index (χ0) is 18.1. The average Bonchev–Trinajstić information content (AvgIpc) is 2.63. The molecule has 1 aromatic rings. The Labute approximate surface area is 153 Å². The molecule has 140 valence electrons. The van der Waals surface area contributed by atoms with Gasteiger partial charge in [-0.2, -0.15) is 0 Å². The highest BCUT2D eigenvalue weighted by Crippen LogP contribution is 2.25. The van der Waals surface area contributed by atoms with Crippen LogP contribution in [0.5, 0.6) is 5.75 Å². The summed E-state index contributed by atoms with van der Waals surface area (Å²) in [5.74, 6) is 1.17. The van der Waals surface area contributed by atoms with Crippen LogP contribution in [0.1, 0.15) is 70.8 Å². The molecule has 1 fully saturated rings. The third kappa shape index (κ3) is 6.81. The van der Waals surface area contributed by atoms with Crippen molar-refractivity contribution in [1.29, 1.82) is 0 Å². The average molecular weight is 346 g/mol. The van der Waals surface area contributed by atoms with E-state index in [1.54, 1.807) is 12.1 Å². The van der Waals surface area contributed by atoms with Crippen LogP contribution in [0.3, 0.4) is 0 Å². The Hall–Kier alpha value is -1.35. The molecule has 0 radical (unpaired) electrons. The van der Waals surface area contributed by atoms with Gasteiger partial charge in [-0.05, 0) is 69.8 Å². The molecule has 0 heterocycles. The number of phenols is 1. The Kier molecular flexibility index (Phi) is 8.47. The van der Waals surface area contributed by atoms with E-state index in [4.69, 9.17) is 0 Å². The number of Topliss-reactive ketones (excluding diaryl/α,β-unsaturated/α-hetero) is 1. The quantitative estimate of drug-likeness (QED) is 0.651. The number of rotatable bonds is 10. The summed E-state index contributed by atoms with van der Waals surface area (Å²) in [5, 5.41) is 9.42. The SMILES string of the molecule is CCCN(CCCC(=O)C1CCCCC1)C(C)Cc1ccc(O)cc1. The smallest absolute Gasteiger partial charge is 0.136 e. The molecule has 1 N–H and O–H groups in total. The van der Waals surface area contributed by atoms with Gasteiger partial charge in [0.1, 0.15) is 11.5 Å². The van der Waals surface area contributed by atoms with Gasteiger partial charge in [0.05, 0.1) is 0 Å². The van der Waals surface area contributed by atoms with Gasteiger partial charge in [-0.3, -0.25) is 4.79 Å². The lowest BCUT2D eigenvalue weighted by Crippen LogP contribution is -2.36. The van der Waals surface area contributed by atoms with Crippen molar-refractivity contribution in [2.45, 2.75) is 77.7 Å². The summed E-state index contributed by atoms with van der Waals surface area (Å²) in [4.78, 5) is 14.9. The second-order valence-electron chi connectivity index (χ2n) is 7.66. The summed E-state index contributed by atoms with van der Waals surface area (Å²) in [6, 6.07) is 7.98. The molecule has 0 saturated heterocycles. The molecule has 25 heavy (non-hydrogen) atoms. The molecule has 1 aliphatic rings. The fraction of sp³-hybridized carbons (Fsp3) is 0.682. The van der Waals surface area contributed by atoms with Crippen molar-refractivity contribution >= 4 is 5.78 Å². The van der Waals surface area contributed by atoms with E-state index in [1.807, 2.05) is 12.1 Å². The number of hydrogen-bond donors (Lipinski definition) is 1. The number of aromatic hydroxyl groups is 1. The monoisotopic (exact) mass is 345 g/mol. The van der Waals surface area contributed by atoms with Crippen LogP contribution >= 0.6 is 0 Å². The molecule has 0 bridgehead atoms. The predicted molar refractivity (Wildman–Crippen MR) is 104 cm³/mol. The molecule has 3 heteroatoms. The standard InChI is InChI=1S/C22H35NO2/c1-3-15-23(18(2)17-19-11-13-21(24)14-12-19)16-7-10-22(25)20-8-5-4-6-9-20/h11-14,18,20,24H,3-10,15-17H2,1-2H3. The number of phenolic OH excluding ortho intramolecular Hbond substituents is 1. The van der Waals surface area contributed by atoms with Crippen LogP contribution in [0.15, 0.2) is 24.3 Å². The van der Waals surface area contributed by atoms with Crippen LogP contribution in [0.25, 0.3) is 0 Å². The van der Waals surface area contributed by atoms with E-state index < -0.39 is 0 Å². The third-order valence-electron chi connectivity index (χ3n) is 5.53. The van der Waals surface area contributed by atoms with Gasteiger partial charge < -0.3 is 10.0 Å². The van der Waals surface area contributed by atoms with Crippen LogP contribution in [-0.2, 0) is 11.2 Å². The van der Waals surface area contributed by atoms with Gasteiger partial charge in [0.2, 0.25) is 0 Å². The first-order valence-electron chi connectivity index (χ1n) is 10.1. The Morgan fingerprint density at radius 2 is 1.84 bits per heavy atom. The Morgan fingerprint density at radius 3 is 2.48 bits per heavy atom. The number of hydrogen-bond acceptors (Lipinski definition) is 3. The summed E-state index contributed by atoms with van der Waals surface area (Å²) in [7, 11) is 0. The predicted octanol–water partition coefficient (Wildman–Crippen LogP) is 4.96. The largest absolute Gasteiger partial charge is 0.508 e. The maximum atomic E-state index is 12.4. The van der Waals surface area contributed by atoms with E-state index in [0.717, 1.165) is 51.6 Å². The molecule has 1 saturated carbocycles. The molecular weight excluding hydrogens is 310 g/mol. The maximum absolute atomic E-state index is 12.4.